The summed E-state index contributed by atoms with van der Waals surface area (Å²) in [7, 11) is 0. The number of rotatable bonds is 6. The molecule has 0 saturated carbocycles. The van der Waals surface area contributed by atoms with Gasteiger partial charge in [0.25, 0.3) is 0 Å². The van der Waals surface area contributed by atoms with Gasteiger partial charge in [0.2, 0.25) is 0 Å². The molecule has 4 nitrogen and oxygen atoms in total. The lowest BCUT2D eigenvalue weighted by Crippen LogP contribution is -2.44. The second-order valence-electron chi connectivity index (χ2n) is 7.79. The molecule has 0 aliphatic rings. The number of esters is 2. The first-order valence-electron chi connectivity index (χ1n) is 8.90. The Morgan fingerprint density at radius 3 is 2.14 bits per heavy atom. The Hall–Kier alpha value is -2.76. The van der Waals surface area contributed by atoms with Crippen LogP contribution in [0.5, 0.6) is 0 Å². The highest BCUT2D eigenvalue weighted by atomic mass is 19.2. The molecule has 0 bridgehead atoms. The smallest absolute Gasteiger partial charge is 0.324 e. The lowest BCUT2D eigenvalue weighted by Gasteiger charge is -2.30. The minimum atomic E-state index is -1.64. The quantitative estimate of drug-likeness (QED) is 0.534. The van der Waals surface area contributed by atoms with Crippen LogP contribution in [0.25, 0.3) is 0 Å². The molecule has 1 atom stereocenters. The van der Waals surface area contributed by atoms with Gasteiger partial charge in [-0.05, 0) is 45.7 Å². The minimum absolute atomic E-state index is 0.0488. The molecule has 0 aliphatic heterocycles. The summed E-state index contributed by atoms with van der Waals surface area (Å²) in [4.78, 5) is 25.6. The predicted octanol–water partition coefficient (Wildman–Crippen LogP) is 4.60. The molecule has 28 heavy (non-hydrogen) atoms. The standard InChI is InChI=1S/C22H24F2O4/c1-21(2,3)28-20(26)22(4,13-15-9-6-5-7-10-15)19(25)27-14-16-11-8-12-17(23)18(16)24/h5-12H,13-14H2,1-4H3/t22-/m0/s1. The van der Waals surface area contributed by atoms with Gasteiger partial charge < -0.3 is 9.47 Å². The Morgan fingerprint density at radius 2 is 1.54 bits per heavy atom. The third-order valence-corrected chi connectivity index (χ3v) is 4.09. The molecule has 0 aliphatic carbocycles. The van der Waals surface area contributed by atoms with Crippen LogP contribution in [0, 0.1) is 17.0 Å². The monoisotopic (exact) mass is 390 g/mol. The second-order valence-corrected chi connectivity index (χ2v) is 7.79. The topological polar surface area (TPSA) is 52.6 Å². The van der Waals surface area contributed by atoms with E-state index in [9.17, 15) is 18.4 Å². The number of ether oxygens (including phenoxy) is 2. The van der Waals surface area contributed by atoms with Crippen LogP contribution in [-0.4, -0.2) is 17.5 Å². The average molecular weight is 390 g/mol. The maximum absolute atomic E-state index is 13.8. The van der Waals surface area contributed by atoms with Crippen molar-refractivity contribution >= 4 is 11.9 Å². The lowest BCUT2D eigenvalue weighted by molar-refractivity contribution is -0.179. The van der Waals surface area contributed by atoms with E-state index in [0.29, 0.717) is 0 Å². The lowest BCUT2D eigenvalue weighted by atomic mass is 9.83. The molecule has 150 valence electrons. The SMILES string of the molecule is CC(C)(C)OC(=O)[C@@](C)(Cc1ccccc1)C(=O)OCc1cccc(F)c1F. The van der Waals surface area contributed by atoms with Crippen molar-refractivity contribution < 1.29 is 27.8 Å². The van der Waals surface area contributed by atoms with Crippen molar-refractivity contribution in [1.29, 1.82) is 0 Å². The summed E-state index contributed by atoms with van der Waals surface area (Å²) in [6.07, 6.45) is 0.0488. The van der Waals surface area contributed by atoms with Gasteiger partial charge in [-0.15, -0.1) is 0 Å². The van der Waals surface area contributed by atoms with Crippen molar-refractivity contribution in [3.05, 3.63) is 71.3 Å². The molecule has 0 spiro atoms. The third-order valence-electron chi connectivity index (χ3n) is 4.09. The maximum Gasteiger partial charge on any atom is 0.324 e. The first kappa shape index (κ1) is 21.5. The van der Waals surface area contributed by atoms with Gasteiger partial charge in [0.05, 0.1) is 0 Å². The van der Waals surface area contributed by atoms with Crippen molar-refractivity contribution in [1.82, 2.24) is 0 Å². The largest absolute Gasteiger partial charge is 0.460 e. The van der Waals surface area contributed by atoms with Gasteiger partial charge in [0, 0.05) is 5.56 Å². The average Bonchev–Trinajstić information content (AvgIpc) is 2.62. The summed E-state index contributed by atoms with van der Waals surface area (Å²) >= 11 is 0. The van der Waals surface area contributed by atoms with E-state index in [2.05, 4.69) is 0 Å². The number of carbonyl (C=O) groups excluding carboxylic acids is 2. The van der Waals surface area contributed by atoms with Gasteiger partial charge in [-0.25, -0.2) is 8.78 Å². The zero-order chi connectivity index (χ0) is 20.9. The van der Waals surface area contributed by atoms with Gasteiger partial charge in [0.15, 0.2) is 17.0 Å². The van der Waals surface area contributed by atoms with E-state index in [1.54, 1.807) is 45.0 Å². The van der Waals surface area contributed by atoms with Gasteiger partial charge in [-0.2, -0.15) is 0 Å². The van der Waals surface area contributed by atoms with Gasteiger partial charge in [-0.3, -0.25) is 9.59 Å². The fraction of sp³-hybridized carbons (Fsp3) is 0.364. The van der Waals surface area contributed by atoms with Crippen LogP contribution >= 0.6 is 0 Å². The summed E-state index contributed by atoms with van der Waals surface area (Å²) < 4.78 is 37.8. The van der Waals surface area contributed by atoms with Crippen molar-refractivity contribution in [2.45, 2.75) is 46.3 Å². The highest BCUT2D eigenvalue weighted by Gasteiger charge is 2.46. The maximum atomic E-state index is 13.8. The van der Waals surface area contributed by atoms with Crippen LogP contribution < -0.4 is 0 Å². The molecule has 0 saturated heterocycles. The Kier molecular flexibility index (Phi) is 6.54. The van der Waals surface area contributed by atoms with E-state index in [1.807, 2.05) is 6.07 Å². The Bertz CT molecular complexity index is 843. The zero-order valence-corrected chi connectivity index (χ0v) is 16.4. The van der Waals surface area contributed by atoms with Crippen LogP contribution in [0.1, 0.15) is 38.8 Å². The van der Waals surface area contributed by atoms with Crippen LogP contribution in [0.3, 0.4) is 0 Å². The summed E-state index contributed by atoms with van der Waals surface area (Å²) in [5.41, 5.74) is -1.81. The van der Waals surface area contributed by atoms with Gasteiger partial charge in [0.1, 0.15) is 12.2 Å². The third kappa shape index (κ3) is 5.38. The summed E-state index contributed by atoms with van der Waals surface area (Å²) in [6, 6.07) is 12.6. The summed E-state index contributed by atoms with van der Waals surface area (Å²) in [5.74, 6) is -3.73. The minimum Gasteiger partial charge on any atom is -0.460 e. The number of hydrogen-bond acceptors (Lipinski definition) is 4. The molecular weight excluding hydrogens is 366 g/mol. The van der Waals surface area contributed by atoms with E-state index >= 15 is 0 Å². The number of carbonyl (C=O) groups is 2. The molecule has 2 aromatic carbocycles. The van der Waals surface area contributed by atoms with Crippen molar-refractivity contribution in [2.75, 3.05) is 0 Å². The molecule has 0 unspecified atom stereocenters. The molecule has 0 radical (unpaired) electrons. The Labute approximate surface area is 163 Å². The normalized spacial score (nSPS) is 13.5. The second kappa shape index (κ2) is 8.50. The molecule has 0 fully saturated rings. The highest BCUT2D eigenvalue weighted by molar-refractivity contribution is 6.00. The Balaban J connectivity index is 2.25. The highest BCUT2D eigenvalue weighted by Crippen LogP contribution is 2.29. The predicted molar refractivity (Wildman–Crippen MR) is 100 cm³/mol. The van der Waals surface area contributed by atoms with Crippen molar-refractivity contribution in [2.24, 2.45) is 5.41 Å². The fourth-order valence-corrected chi connectivity index (χ4v) is 2.59. The first-order valence-corrected chi connectivity index (χ1v) is 8.90. The van der Waals surface area contributed by atoms with Gasteiger partial charge >= 0.3 is 11.9 Å². The van der Waals surface area contributed by atoms with E-state index < -0.39 is 41.2 Å². The first-order chi connectivity index (χ1) is 13.0. The molecule has 0 amide bonds. The van der Waals surface area contributed by atoms with Crippen LogP contribution in [0.2, 0.25) is 0 Å². The summed E-state index contributed by atoms with van der Waals surface area (Å²) in [5, 5.41) is 0. The molecule has 0 heterocycles. The van der Waals surface area contributed by atoms with E-state index in [0.717, 1.165) is 11.6 Å². The van der Waals surface area contributed by atoms with E-state index in [1.165, 1.54) is 19.1 Å². The molecule has 0 N–H and O–H groups in total. The van der Waals surface area contributed by atoms with Crippen LogP contribution in [-0.2, 0) is 32.1 Å². The van der Waals surface area contributed by atoms with Gasteiger partial charge in [-0.1, -0.05) is 42.5 Å². The van der Waals surface area contributed by atoms with Crippen LogP contribution in [0.4, 0.5) is 8.78 Å². The van der Waals surface area contributed by atoms with E-state index in [-0.39, 0.29) is 12.0 Å². The molecule has 6 heteroatoms. The molecule has 0 aromatic heterocycles. The van der Waals surface area contributed by atoms with Crippen molar-refractivity contribution in [3.8, 4) is 0 Å². The number of hydrogen-bond donors (Lipinski definition) is 0. The molecule has 2 rings (SSSR count). The number of benzene rings is 2. The fourth-order valence-electron chi connectivity index (χ4n) is 2.59. The van der Waals surface area contributed by atoms with Crippen LogP contribution in [0.15, 0.2) is 48.5 Å². The molecule has 2 aromatic rings. The zero-order valence-electron chi connectivity index (χ0n) is 16.4. The van der Waals surface area contributed by atoms with E-state index in [4.69, 9.17) is 9.47 Å². The van der Waals surface area contributed by atoms with Crippen molar-refractivity contribution in [3.63, 3.8) is 0 Å². The Morgan fingerprint density at radius 1 is 0.893 bits per heavy atom. The number of halogens is 2. The summed E-state index contributed by atoms with van der Waals surface area (Å²) in [6.45, 7) is 6.03. The molecular formula is C22H24F2O4.